The van der Waals surface area contributed by atoms with E-state index in [2.05, 4.69) is 26.3 Å². The molecule has 2 aliphatic heterocycles. The Bertz CT molecular complexity index is 1020. The lowest BCUT2D eigenvalue weighted by Gasteiger charge is -2.33. The lowest BCUT2D eigenvalue weighted by molar-refractivity contribution is 0.174. The Labute approximate surface area is 182 Å². The summed E-state index contributed by atoms with van der Waals surface area (Å²) in [5.41, 5.74) is 3.18. The van der Waals surface area contributed by atoms with Gasteiger partial charge in [0.05, 0.1) is 7.11 Å². The number of fused-ring (bicyclic) bond motifs is 1. The number of rotatable bonds is 6. The Kier molecular flexibility index (Phi) is 5.58. The zero-order chi connectivity index (χ0) is 21.0. The second-order valence-corrected chi connectivity index (χ2v) is 7.93. The summed E-state index contributed by atoms with van der Waals surface area (Å²) in [7, 11) is 1.66. The molecule has 0 spiro atoms. The number of nitrogens with one attached hydrogen (secondary N) is 1. The summed E-state index contributed by atoms with van der Waals surface area (Å²) in [6.07, 6.45) is 6.17. The van der Waals surface area contributed by atoms with Crippen LogP contribution in [0.2, 0.25) is 0 Å². The fourth-order valence-corrected chi connectivity index (χ4v) is 4.12. The molecule has 3 heterocycles. The van der Waals surface area contributed by atoms with Crippen LogP contribution in [0.5, 0.6) is 17.2 Å². The van der Waals surface area contributed by atoms with E-state index in [9.17, 15) is 0 Å². The smallest absolute Gasteiger partial charge is 0.231 e. The molecule has 2 aliphatic rings. The molecule has 5 rings (SSSR count). The molecule has 1 N–H and O–H groups in total. The number of anilines is 1. The Morgan fingerprint density at radius 1 is 1.06 bits per heavy atom. The molecule has 0 radical (unpaired) electrons. The first-order chi connectivity index (χ1) is 15.3. The highest BCUT2D eigenvalue weighted by molar-refractivity contribution is 5.56. The van der Waals surface area contributed by atoms with Gasteiger partial charge in [-0.2, -0.15) is 0 Å². The van der Waals surface area contributed by atoms with E-state index >= 15 is 0 Å². The van der Waals surface area contributed by atoms with Gasteiger partial charge in [-0.05, 0) is 55.8 Å². The number of hydrogen-bond acceptors (Lipinski definition) is 7. The van der Waals surface area contributed by atoms with Crippen molar-refractivity contribution in [1.29, 1.82) is 0 Å². The summed E-state index contributed by atoms with van der Waals surface area (Å²) in [4.78, 5) is 11.6. The first-order valence-corrected chi connectivity index (χ1v) is 10.6. The average Bonchev–Trinajstić information content (AvgIpc) is 3.28. The largest absolute Gasteiger partial charge is 0.497 e. The summed E-state index contributed by atoms with van der Waals surface area (Å²) in [6.45, 7) is 3.21. The summed E-state index contributed by atoms with van der Waals surface area (Å²) < 4.78 is 16.1. The molecule has 7 heteroatoms. The molecule has 1 saturated heterocycles. The molecule has 0 aliphatic carbocycles. The number of methoxy groups -OCH3 is 1. The lowest BCUT2D eigenvalue weighted by Crippen LogP contribution is -2.41. The molecule has 160 valence electrons. The topological polar surface area (TPSA) is 68.7 Å². The third-order valence-corrected chi connectivity index (χ3v) is 5.71. The van der Waals surface area contributed by atoms with Crippen molar-refractivity contribution in [1.82, 2.24) is 14.9 Å². The third-order valence-electron chi connectivity index (χ3n) is 5.71. The minimum absolute atomic E-state index is 0.301. The summed E-state index contributed by atoms with van der Waals surface area (Å²) in [5.74, 6) is 3.18. The highest BCUT2D eigenvalue weighted by Gasteiger charge is 2.21. The number of hydrogen-bond donors (Lipinski definition) is 1. The van der Waals surface area contributed by atoms with Crippen molar-refractivity contribution in [3.05, 3.63) is 60.4 Å². The number of piperidine rings is 1. The zero-order valence-corrected chi connectivity index (χ0v) is 17.6. The standard InChI is InChI=1S/C24H26N4O3/c1-29-21-7-4-18(5-8-21)24-25-12-17(13-26-24)14-28-10-2-3-20(15-28)27-19-6-9-22-23(11-19)31-16-30-22/h4-9,11-13,20,27H,2-3,10,14-16H2,1H3/t20-/m0/s1. The van der Waals surface area contributed by atoms with E-state index in [4.69, 9.17) is 14.2 Å². The van der Waals surface area contributed by atoms with Gasteiger partial charge in [-0.25, -0.2) is 9.97 Å². The minimum Gasteiger partial charge on any atom is -0.497 e. The monoisotopic (exact) mass is 418 g/mol. The van der Waals surface area contributed by atoms with Crippen LogP contribution < -0.4 is 19.5 Å². The van der Waals surface area contributed by atoms with Gasteiger partial charge >= 0.3 is 0 Å². The molecular weight excluding hydrogens is 392 g/mol. The van der Waals surface area contributed by atoms with E-state index in [0.717, 1.165) is 72.4 Å². The van der Waals surface area contributed by atoms with Gasteiger partial charge in [-0.15, -0.1) is 0 Å². The zero-order valence-electron chi connectivity index (χ0n) is 17.6. The Morgan fingerprint density at radius 3 is 2.68 bits per heavy atom. The summed E-state index contributed by atoms with van der Waals surface area (Å²) >= 11 is 0. The van der Waals surface area contributed by atoms with E-state index in [-0.39, 0.29) is 0 Å². The van der Waals surface area contributed by atoms with Crippen molar-refractivity contribution in [2.45, 2.75) is 25.4 Å². The second-order valence-electron chi connectivity index (χ2n) is 7.93. The van der Waals surface area contributed by atoms with E-state index < -0.39 is 0 Å². The maximum atomic E-state index is 5.49. The van der Waals surface area contributed by atoms with Crippen molar-refractivity contribution in [2.75, 3.05) is 32.3 Å². The molecule has 0 saturated carbocycles. The van der Waals surface area contributed by atoms with E-state index in [1.807, 2.05) is 48.8 Å². The number of ether oxygens (including phenoxy) is 3. The van der Waals surface area contributed by atoms with Crippen molar-refractivity contribution >= 4 is 5.69 Å². The van der Waals surface area contributed by atoms with E-state index in [0.29, 0.717) is 12.8 Å². The lowest BCUT2D eigenvalue weighted by atomic mass is 10.0. The van der Waals surface area contributed by atoms with Crippen LogP contribution in [0.25, 0.3) is 11.4 Å². The summed E-state index contributed by atoms with van der Waals surface area (Å²) in [5, 5.41) is 3.65. The highest BCUT2D eigenvalue weighted by Crippen LogP contribution is 2.34. The highest BCUT2D eigenvalue weighted by atomic mass is 16.7. The van der Waals surface area contributed by atoms with Gasteiger partial charge in [0.25, 0.3) is 0 Å². The maximum Gasteiger partial charge on any atom is 0.231 e. The molecule has 1 aromatic heterocycles. The van der Waals surface area contributed by atoms with Gasteiger partial charge < -0.3 is 19.5 Å². The third kappa shape index (κ3) is 4.56. The van der Waals surface area contributed by atoms with Crippen LogP contribution >= 0.6 is 0 Å². The quantitative estimate of drug-likeness (QED) is 0.650. The fourth-order valence-electron chi connectivity index (χ4n) is 4.12. The first kappa shape index (κ1) is 19.6. The number of benzene rings is 2. The summed E-state index contributed by atoms with van der Waals surface area (Å²) in [6, 6.07) is 14.2. The number of aromatic nitrogens is 2. The predicted molar refractivity (Wildman–Crippen MR) is 119 cm³/mol. The van der Waals surface area contributed by atoms with Gasteiger partial charge in [0.15, 0.2) is 17.3 Å². The van der Waals surface area contributed by atoms with Crippen LogP contribution in [-0.2, 0) is 6.54 Å². The van der Waals surface area contributed by atoms with Crippen molar-refractivity contribution in [2.24, 2.45) is 0 Å². The molecule has 0 unspecified atom stereocenters. The molecule has 31 heavy (non-hydrogen) atoms. The van der Waals surface area contributed by atoms with Gasteiger partial charge in [0.2, 0.25) is 6.79 Å². The van der Waals surface area contributed by atoms with Crippen molar-refractivity contribution in [3.63, 3.8) is 0 Å². The molecular formula is C24H26N4O3. The molecule has 3 aromatic rings. The van der Waals surface area contributed by atoms with Gasteiger partial charge in [0.1, 0.15) is 5.75 Å². The molecule has 1 fully saturated rings. The van der Waals surface area contributed by atoms with Crippen LogP contribution in [0.1, 0.15) is 18.4 Å². The molecule has 0 bridgehead atoms. The SMILES string of the molecule is COc1ccc(-c2ncc(CN3CCC[C@H](Nc4ccc5c(c4)OCO5)C3)cn2)cc1. The van der Waals surface area contributed by atoms with E-state index in [1.54, 1.807) is 7.11 Å². The van der Waals surface area contributed by atoms with E-state index in [1.165, 1.54) is 0 Å². The average molecular weight is 418 g/mol. The Balaban J connectivity index is 1.19. The molecule has 2 aromatic carbocycles. The van der Waals surface area contributed by atoms with Gasteiger partial charge in [-0.3, -0.25) is 4.90 Å². The minimum atomic E-state index is 0.301. The van der Waals surface area contributed by atoms with Crippen LogP contribution in [0, 0.1) is 0 Å². The number of nitrogens with zero attached hydrogens (tertiary/aromatic N) is 3. The molecule has 0 amide bonds. The van der Waals surface area contributed by atoms with Crippen LogP contribution in [0.4, 0.5) is 5.69 Å². The second kappa shape index (κ2) is 8.81. The van der Waals surface area contributed by atoms with Crippen LogP contribution in [0.3, 0.4) is 0 Å². The van der Waals surface area contributed by atoms with Crippen LogP contribution in [0.15, 0.2) is 54.9 Å². The van der Waals surface area contributed by atoms with Crippen LogP contribution in [-0.4, -0.2) is 47.9 Å². The fraction of sp³-hybridized carbons (Fsp3) is 0.333. The number of likely N-dealkylation sites (tertiary alicyclic amines) is 1. The Hall–Kier alpha value is -3.32. The maximum absolute atomic E-state index is 5.49. The molecule has 7 nitrogen and oxygen atoms in total. The normalized spacial score (nSPS) is 18.0. The predicted octanol–water partition coefficient (Wildman–Crippen LogP) is 3.96. The van der Waals surface area contributed by atoms with Crippen molar-refractivity contribution < 1.29 is 14.2 Å². The van der Waals surface area contributed by atoms with Gasteiger partial charge in [0, 0.05) is 54.4 Å². The first-order valence-electron chi connectivity index (χ1n) is 10.6. The molecule has 1 atom stereocenters. The Morgan fingerprint density at radius 2 is 1.87 bits per heavy atom. The van der Waals surface area contributed by atoms with Gasteiger partial charge in [-0.1, -0.05) is 0 Å². The van der Waals surface area contributed by atoms with Crippen molar-refractivity contribution in [3.8, 4) is 28.6 Å².